The van der Waals surface area contributed by atoms with Gasteiger partial charge < -0.3 is 10.8 Å². The van der Waals surface area contributed by atoms with Gasteiger partial charge in [-0.25, -0.2) is 4.98 Å². The molecule has 3 aromatic rings. The lowest BCUT2D eigenvalue weighted by Gasteiger charge is -2.07. The van der Waals surface area contributed by atoms with Gasteiger partial charge in [-0.3, -0.25) is 9.20 Å². The Morgan fingerprint density at radius 3 is 2.52 bits per heavy atom. The molecule has 3 N–H and O–H groups in total. The van der Waals surface area contributed by atoms with E-state index in [0.29, 0.717) is 28.1 Å². The van der Waals surface area contributed by atoms with Crippen LogP contribution in [0.2, 0.25) is 0 Å². The van der Waals surface area contributed by atoms with Crippen molar-refractivity contribution in [3.8, 4) is 5.75 Å². The number of aryl methyl sites for hydroxylation is 2. The van der Waals surface area contributed by atoms with E-state index in [9.17, 15) is 9.90 Å². The fraction of sp³-hybridized carbons (Fsp3) is 0.263. The molecule has 2 aromatic heterocycles. The maximum atomic E-state index is 11.3. The van der Waals surface area contributed by atoms with Gasteiger partial charge in [0.1, 0.15) is 16.2 Å². The van der Waals surface area contributed by atoms with E-state index in [2.05, 4.69) is 31.1 Å². The molecule has 140 valence electrons. The number of benzene rings is 1. The van der Waals surface area contributed by atoms with Crippen LogP contribution in [-0.4, -0.2) is 30.6 Å². The van der Waals surface area contributed by atoms with Crippen molar-refractivity contribution in [2.75, 3.05) is 0 Å². The molecule has 0 atom stereocenters. The number of fused-ring (bicyclic) bond motifs is 3. The average molecular weight is 430 g/mol. The van der Waals surface area contributed by atoms with Crippen LogP contribution in [0.5, 0.6) is 5.75 Å². The minimum Gasteiger partial charge on any atom is -0.508 e. The number of hydrogen-bond donors (Lipinski definition) is 2. The van der Waals surface area contributed by atoms with Crippen LogP contribution in [0.1, 0.15) is 33.8 Å². The lowest BCUT2D eigenvalue weighted by Crippen LogP contribution is -2.13. The van der Waals surface area contributed by atoms with Crippen LogP contribution in [0.15, 0.2) is 22.8 Å². The third-order valence-corrected chi connectivity index (χ3v) is 5.41. The van der Waals surface area contributed by atoms with Crippen molar-refractivity contribution in [3.05, 3.63) is 56.6 Å². The zero-order valence-electron chi connectivity index (χ0n) is 15.5. The van der Waals surface area contributed by atoms with Gasteiger partial charge in [0, 0.05) is 23.3 Å². The van der Waals surface area contributed by atoms with Crippen molar-refractivity contribution in [2.45, 2.75) is 34.1 Å². The predicted octanol–water partition coefficient (Wildman–Crippen LogP) is 2.94. The van der Waals surface area contributed by atoms with Gasteiger partial charge in [0.2, 0.25) is 5.91 Å². The normalized spacial score (nSPS) is 12.4. The summed E-state index contributed by atoms with van der Waals surface area (Å²) in [5.41, 5.74) is 10.9. The van der Waals surface area contributed by atoms with E-state index >= 15 is 0 Å². The quantitative estimate of drug-likeness (QED) is 0.578. The van der Waals surface area contributed by atoms with E-state index in [4.69, 9.17) is 5.73 Å². The van der Waals surface area contributed by atoms with Crippen LogP contribution in [-0.2, 0) is 11.2 Å². The highest BCUT2D eigenvalue weighted by atomic mass is 79.9. The molecule has 0 fully saturated rings. The number of aromatic hydroxyl groups is 1. The Morgan fingerprint density at radius 2 is 1.89 bits per heavy atom. The molecule has 0 unspecified atom stereocenters. The zero-order valence-corrected chi connectivity index (χ0v) is 17.1. The summed E-state index contributed by atoms with van der Waals surface area (Å²) < 4.78 is 2.42. The number of amides is 1. The Morgan fingerprint density at radius 1 is 1.19 bits per heavy atom. The van der Waals surface area contributed by atoms with E-state index in [1.807, 2.05) is 38.2 Å². The van der Waals surface area contributed by atoms with Gasteiger partial charge in [0.05, 0.1) is 0 Å². The summed E-state index contributed by atoms with van der Waals surface area (Å²) in [7, 11) is 0. The Labute approximate surface area is 165 Å². The van der Waals surface area contributed by atoms with Crippen molar-refractivity contribution < 1.29 is 9.90 Å². The van der Waals surface area contributed by atoms with Crippen LogP contribution in [0.25, 0.3) is 11.4 Å². The Balaban J connectivity index is 0.000000180. The summed E-state index contributed by atoms with van der Waals surface area (Å²) >= 11 is 3.35. The fourth-order valence-electron chi connectivity index (χ4n) is 3.04. The minimum atomic E-state index is -0.448. The number of carbonyl (C=O) groups is 1. The monoisotopic (exact) mass is 429 g/mol. The van der Waals surface area contributed by atoms with Gasteiger partial charge in [0.15, 0.2) is 0 Å². The number of hydrogen-bond acceptors (Lipinski definition) is 5. The van der Waals surface area contributed by atoms with Crippen LogP contribution in [0, 0.1) is 27.7 Å². The second kappa shape index (κ2) is 7.11. The number of phenols is 1. The SMILES string of the molecule is Cc1ccc(O)c(C)c1C.Cc1nnc2nc(Br)c3c(n12)CC=C3C(N)=O. The molecule has 0 aliphatic heterocycles. The molecule has 7 nitrogen and oxygen atoms in total. The number of allylic oxidation sites excluding steroid dienone is 1. The Hall–Kier alpha value is -2.74. The molecule has 1 aliphatic rings. The number of carbonyl (C=O) groups excluding carboxylic acids is 1. The van der Waals surface area contributed by atoms with Crippen molar-refractivity contribution in [2.24, 2.45) is 5.73 Å². The second-order valence-corrected chi connectivity index (χ2v) is 7.20. The first-order valence-corrected chi connectivity index (χ1v) is 9.17. The van der Waals surface area contributed by atoms with Gasteiger partial charge >= 0.3 is 0 Å². The van der Waals surface area contributed by atoms with Gasteiger partial charge in [0.25, 0.3) is 5.78 Å². The lowest BCUT2D eigenvalue weighted by molar-refractivity contribution is -0.112. The molecule has 2 heterocycles. The number of rotatable bonds is 1. The first kappa shape index (κ1) is 19.0. The van der Waals surface area contributed by atoms with E-state index in [-0.39, 0.29) is 0 Å². The molecular weight excluding hydrogens is 410 g/mol. The number of halogens is 1. The molecule has 4 rings (SSSR count). The zero-order chi connectivity index (χ0) is 19.9. The molecule has 0 bridgehead atoms. The van der Waals surface area contributed by atoms with Crippen LogP contribution in [0.3, 0.4) is 0 Å². The van der Waals surface area contributed by atoms with Crippen molar-refractivity contribution in [1.29, 1.82) is 0 Å². The van der Waals surface area contributed by atoms with E-state index in [1.54, 1.807) is 12.1 Å². The van der Waals surface area contributed by atoms with Crippen LogP contribution < -0.4 is 5.73 Å². The largest absolute Gasteiger partial charge is 0.508 e. The average Bonchev–Trinajstić information content (AvgIpc) is 3.21. The third-order valence-electron chi connectivity index (χ3n) is 4.83. The summed E-state index contributed by atoms with van der Waals surface area (Å²) in [6, 6.07) is 3.66. The topological polar surface area (TPSA) is 106 Å². The molecular formula is C19H20BrN5O2. The number of aromatic nitrogens is 4. The first-order valence-electron chi connectivity index (χ1n) is 8.38. The molecule has 1 aliphatic carbocycles. The molecule has 0 spiro atoms. The first-order chi connectivity index (χ1) is 12.7. The maximum absolute atomic E-state index is 11.3. The summed E-state index contributed by atoms with van der Waals surface area (Å²) in [6.45, 7) is 7.84. The number of primary amides is 1. The minimum absolute atomic E-state index is 0.392. The Kier molecular flexibility index (Phi) is 5.01. The van der Waals surface area contributed by atoms with Crippen molar-refractivity contribution in [1.82, 2.24) is 19.6 Å². The molecule has 8 heteroatoms. The third kappa shape index (κ3) is 3.32. The highest BCUT2D eigenvalue weighted by molar-refractivity contribution is 9.10. The van der Waals surface area contributed by atoms with E-state index < -0.39 is 5.91 Å². The summed E-state index contributed by atoms with van der Waals surface area (Å²) in [4.78, 5) is 15.6. The lowest BCUT2D eigenvalue weighted by atomic mass is 10.0. The van der Waals surface area contributed by atoms with Gasteiger partial charge in [-0.05, 0) is 66.4 Å². The molecule has 0 saturated heterocycles. The highest BCUT2D eigenvalue weighted by Gasteiger charge is 2.26. The summed E-state index contributed by atoms with van der Waals surface area (Å²) in [5, 5.41) is 17.2. The van der Waals surface area contributed by atoms with Gasteiger partial charge in [-0.2, -0.15) is 0 Å². The van der Waals surface area contributed by atoms with Crippen molar-refractivity contribution >= 4 is 33.2 Å². The fourth-order valence-corrected chi connectivity index (χ4v) is 3.64. The van der Waals surface area contributed by atoms with E-state index in [0.717, 1.165) is 22.6 Å². The maximum Gasteiger partial charge on any atom is 0.256 e. The highest BCUT2D eigenvalue weighted by Crippen LogP contribution is 2.33. The molecule has 0 radical (unpaired) electrons. The van der Waals surface area contributed by atoms with Crippen LogP contribution in [0.4, 0.5) is 0 Å². The smallest absolute Gasteiger partial charge is 0.256 e. The van der Waals surface area contributed by atoms with Gasteiger partial charge in [-0.1, -0.05) is 12.1 Å². The molecule has 27 heavy (non-hydrogen) atoms. The second-order valence-electron chi connectivity index (χ2n) is 6.44. The number of phenolic OH excluding ortho intramolecular Hbond substituents is 1. The van der Waals surface area contributed by atoms with E-state index in [1.165, 1.54) is 11.1 Å². The van der Waals surface area contributed by atoms with Gasteiger partial charge in [-0.15, -0.1) is 10.2 Å². The number of nitrogens with two attached hydrogens (primary N) is 1. The standard InChI is InChI=1S/C10H8BrN5O.C9H12O/c1-4-14-15-10-13-8(11)7-5(9(12)17)2-3-6(7)16(4)10;1-6-4-5-9(10)8(3)7(6)2/h2H,3H2,1H3,(H2,12,17);4-5,10H,1-3H3. The number of nitrogens with zero attached hydrogens (tertiary/aromatic N) is 4. The summed E-state index contributed by atoms with van der Waals surface area (Å²) in [5.74, 6) is 1.21. The summed E-state index contributed by atoms with van der Waals surface area (Å²) in [6.07, 6.45) is 2.43. The molecule has 1 aromatic carbocycles. The predicted molar refractivity (Wildman–Crippen MR) is 106 cm³/mol. The van der Waals surface area contributed by atoms with Crippen LogP contribution >= 0.6 is 15.9 Å². The van der Waals surface area contributed by atoms with Crippen molar-refractivity contribution in [3.63, 3.8) is 0 Å². The Bertz CT molecular complexity index is 1070. The molecule has 1 amide bonds. The molecule has 0 saturated carbocycles.